The SMILES string of the molecule is CC(C)C(O)C(O)Cc1ccn(C2CCCCC2)n1. The van der Waals surface area contributed by atoms with Crippen molar-refractivity contribution in [3.63, 3.8) is 0 Å². The van der Waals surface area contributed by atoms with Crippen molar-refractivity contribution in [3.05, 3.63) is 18.0 Å². The number of aliphatic hydroxyl groups is 2. The summed E-state index contributed by atoms with van der Waals surface area (Å²) in [4.78, 5) is 0. The summed E-state index contributed by atoms with van der Waals surface area (Å²) in [6.45, 7) is 3.82. The Bertz CT molecular complexity index is 383. The van der Waals surface area contributed by atoms with E-state index in [1.165, 1.54) is 32.1 Å². The van der Waals surface area contributed by atoms with Gasteiger partial charge in [-0.2, -0.15) is 5.10 Å². The Balaban J connectivity index is 1.93. The van der Waals surface area contributed by atoms with Crippen molar-refractivity contribution in [2.75, 3.05) is 0 Å². The zero-order valence-electron chi connectivity index (χ0n) is 12.0. The molecule has 0 saturated heterocycles. The first-order valence-corrected chi connectivity index (χ1v) is 7.48. The van der Waals surface area contributed by atoms with Crippen molar-refractivity contribution in [1.82, 2.24) is 9.78 Å². The highest BCUT2D eigenvalue weighted by Gasteiger charge is 2.22. The van der Waals surface area contributed by atoms with Crippen LogP contribution in [0.3, 0.4) is 0 Å². The summed E-state index contributed by atoms with van der Waals surface area (Å²) < 4.78 is 2.04. The smallest absolute Gasteiger partial charge is 0.0857 e. The van der Waals surface area contributed by atoms with Gasteiger partial charge in [-0.1, -0.05) is 33.1 Å². The largest absolute Gasteiger partial charge is 0.390 e. The molecule has 4 nitrogen and oxygen atoms in total. The molecule has 2 rings (SSSR count). The van der Waals surface area contributed by atoms with Crippen molar-refractivity contribution in [3.8, 4) is 0 Å². The van der Waals surface area contributed by atoms with Crippen molar-refractivity contribution >= 4 is 0 Å². The van der Waals surface area contributed by atoms with Crippen molar-refractivity contribution < 1.29 is 10.2 Å². The van der Waals surface area contributed by atoms with E-state index in [1.54, 1.807) is 0 Å². The van der Waals surface area contributed by atoms with Gasteiger partial charge in [0.2, 0.25) is 0 Å². The molecule has 2 N–H and O–H groups in total. The summed E-state index contributed by atoms with van der Waals surface area (Å²) in [6, 6.07) is 2.49. The predicted molar refractivity (Wildman–Crippen MR) is 74.9 cm³/mol. The van der Waals surface area contributed by atoms with Gasteiger partial charge in [0.1, 0.15) is 0 Å². The normalized spacial score (nSPS) is 20.7. The lowest BCUT2D eigenvalue weighted by Crippen LogP contribution is -2.32. The first kappa shape index (κ1) is 14.5. The Morgan fingerprint density at radius 3 is 2.58 bits per heavy atom. The third-order valence-corrected chi connectivity index (χ3v) is 4.11. The van der Waals surface area contributed by atoms with Gasteiger partial charge in [-0.05, 0) is 24.8 Å². The molecule has 1 aromatic rings. The molecule has 1 aliphatic carbocycles. The van der Waals surface area contributed by atoms with Crippen LogP contribution in [0.4, 0.5) is 0 Å². The fourth-order valence-electron chi connectivity index (χ4n) is 2.81. The first-order valence-electron chi connectivity index (χ1n) is 7.48. The van der Waals surface area contributed by atoms with Crippen LogP contribution in [0.1, 0.15) is 57.7 Å². The zero-order chi connectivity index (χ0) is 13.8. The maximum Gasteiger partial charge on any atom is 0.0857 e. The third-order valence-electron chi connectivity index (χ3n) is 4.11. The van der Waals surface area contributed by atoms with E-state index < -0.39 is 12.2 Å². The Morgan fingerprint density at radius 1 is 1.26 bits per heavy atom. The molecule has 1 aliphatic rings. The molecular weight excluding hydrogens is 240 g/mol. The van der Waals surface area contributed by atoms with Crippen LogP contribution in [0.2, 0.25) is 0 Å². The summed E-state index contributed by atoms with van der Waals surface area (Å²) in [5.74, 6) is 0.0652. The van der Waals surface area contributed by atoms with Gasteiger partial charge in [0.25, 0.3) is 0 Å². The summed E-state index contributed by atoms with van der Waals surface area (Å²) in [5, 5.41) is 24.4. The molecule has 1 heterocycles. The van der Waals surface area contributed by atoms with Gasteiger partial charge in [-0.25, -0.2) is 0 Å². The quantitative estimate of drug-likeness (QED) is 0.860. The molecule has 1 fully saturated rings. The molecular formula is C15H26N2O2. The van der Waals surface area contributed by atoms with Crippen molar-refractivity contribution in [2.24, 2.45) is 5.92 Å². The molecule has 0 aromatic carbocycles. The molecule has 0 aliphatic heterocycles. The van der Waals surface area contributed by atoms with Crippen LogP contribution in [0, 0.1) is 5.92 Å². The van der Waals surface area contributed by atoms with Gasteiger partial charge >= 0.3 is 0 Å². The van der Waals surface area contributed by atoms with Crippen LogP contribution >= 0.6 is 0 Å². The molecule has 2 atom stereocenters. The zero-order valence-corrected chi connectivity index (χ0v) is 12.0. The van der Waals surface area contributed by atoms with E-state index >= 15 is 0 Å². The Hall–Kier alpha value is -0.870. The molecule has 0 spiro atoms. The highest BCUT2D eigenvalue weighted by molar-refractivity contribution is 5.02. The molecule has 0 bridgehead atoms. The summed E-state index contributed by atoms with van der Waals surface area (Å²) in [6.07, 6.45) is 7.36. The molecule has 19 heavy (non-hydrogen) atoms. The molecule has 0 radical (unpaired) electrons. The average molecular weight is 266 g/mol. The maximum atomic E-state index is 9.96. The first-order chi connectivity index (χ1) is 9.08. The van der Waals surface area contributed by atoms with Gasteiger partial charge in [-0.3, -0.25) is 4.68 Å². The summed E-state index contributed by atoms with van der Waals surface area (Å²) >= 11 is 0. The fourth-order valence-corrected chi connectivity index (χ4v) is 2.81. The lowest BCUT2D eigenvalue weighted by molar-refractivity contribution is -0.00787. The number of aromatic nitrogens is 2. The number of aliphatic hydroxyl groups excluding tert-OH is 2. The Labute approximate surface area is 115 Å². The second kappa shape index (κ2) is 6.53. The summed E-state index contributed by atoms with van der Waals surface area (Å²) in [5.41, 5.74) is 0.873. The van der Waals surface area contributed by atoms with E-state index in [-0.39, 0.29) is 5.92 Å². The van der Waals surface area contributed by atoms with Gasteiger partial charge in [0.15, 0.2) is 0 Å². The maximum absolute atomic E-state index is 9.96. The molecule has 4 heteroatoms. The Morgan fingerprint density at radius 2 is 1.95 bits per heavy atom. The third kappa shape index (κ3) is 3.80. The number of hydrogen-bond donors (Lipinski definition) is 2. The van der Waals surface area contributed by atoms with E-state index in [0.29, 0.717) is 12.5 Å². The van der Waals surface area contributed by atoms with Crippen molar-refractivity contribution in [1.29, 1.82) is 0 Å². The standard InChI is InChI=1S/C15H26N2O2/c1-11(2)15(19)14(18)10-12-8-9-17(16-12)13-6-4-3-5-7-13/h8-9,11,13-15,18-19H,3-7,10H2,1-2H3. The highest BCUT2D eigenvalue weighted by Crippen LogP contribution is 2.27. The van der Waals surface area contributed by atoms with Crippen LogP contribution in [0.5, 0.6) is 0 Å². The highest BCUT2D eigenvalue weighted by atomic mass is 16.3. The van der Waals surface area contributed by atoms with Gasteiger partial charge in [-0.15, -0.1) is 0 Å². The number of hydrogen-bond acceptors (Lipinski definition) is 3. The van der Waals surface area contributed by atoms with E-state index in [9.17, 15) is 10.2 Å². The molecule has 1 saturated carbocycles. The van der Waals surface area contributed by atoms with Gasteiger partial charge in [0.05, 0.1) is 23.9 Å². The van der Waals surface area contributed by atoms with E-state index in [4.69, 9.17) is 0 Å². The van der Waals surface area contributed by atoms with Gasteiger partial charge < -0.3 is 10.2 Å². The van der Waals surface area contributed by atoms with Crippen LogP contribution in [-0.2, 0) is 6.42 Å². The van der Waals surface area contributed by atoms with Gasteiger partial charge in [0, 0.05) is 12.6 Å². The minimum absolute atomic E-state index is 0.0652. The average Bonchev–Trinajstić information content (AvgIpc) is 2.87. The Kier molecular flexibility index (Phi) is 4.99. The monoisotopic (exact) mass is 266 g/mol. The molecule has 1 aromatic heterocycles. The predicted octanol–water partition coefficient (Wildman–Crippen LogP) is 2.31. The molecule has 2 unspecified atom stereocenters. The van der Waals surface area contributed by atoms with Crippen LogP contribution in [0.15, 0.2) is 12.3 Å². The minimum Gasteiger partial charge on any atom is -0.390 e. The van der Waals surface area contributed by atoms with Crippen LogP contribution in [-0.4, -0.2) is 32.2 Å². The van der Waals surface area contributed by atoms with Crippen LogP contribution < -0.4 is 0 Å². The van der Waals surface area contributed by atoms with Crippen LogP contribution in [0.25, 0.3) is 0 Å². The lowest BCUT2D eigenvalue weighted by atomic mass is 9.96. The number of nitrogens with zero attached hydrogens (tertiary/aromatic N) is 2. The fraction of sp³-hybridized carbons (Fsp3) is 0.800. The lowest BCUT2D eigenvalue weighted by Gasteiger charge is -2.22. The number of rotatable bonds is 5. The summed E-state index contributed by atoms with van der Waals surface area (Å²) in [7, 11) is 0. The van der Waals surface area contributed by atoms with Crippen molar-refractivity contribution in [2.45, 2.75) is 70.6 Å². The van der Waals surface area contributed by atoms with E-state index in [2.05, 4.69) is 5.10 Å². The topological polar surface area (TPSA) is 58.3 Å². The van der Waals surface area contributed by atoms with E-state index in [0.717, 1.165) is 5.69 Å². The molecule has 108 valence electrons. The molecule has 0 amide bonds. The second-order valence-corrected chi connectivity index (χ2v) is 6.09. The van der Waals surface area contributed by atoms with E-state index in [1.807, 2.05) is 30.8 Å². The second-order valence-electron chi connectivity index (χ2n) is 6.09. The minimum atomic E-state index is -0.727.